The van der Waals surface area contributed by atoms with Crippen molar-refractivity contribution in [3.63, 3.8) is 0 Å². The van der Waals surface area contributed by atoms with Gasteiger partial charge in [0.1, 0.15) is 4.60 Å². The van der Waals surface area contributed by atoms with Crippen molar-refractivity contribution in [2.75, 3.05) is 11.0 Å². The Labute approximate surface area is 120 Å². The van der Waals surface area contributed by atoms with E-state index in [1.165, 1.54) is 0 Å². The summed E-state index contributed by atoms with van der Waals surface area (Å²) in [6.45, 7) is 4.84. The molecular weight excluding hydrogens is 318 g/mol. The molecular formula is C12H15BrClN3O. The first-order chi connectivity index (χ1) is 8.49. The van der Waals surface area contributed by atoms with Gasteiger partial charge in [0.25, 0.3) is 5.91 Å². The minimum absolute atomic E-state index is 0.144. The Kier molecular flexibility index (Phi) is 4.25. The Morgan fingerprint density at radius 2 is 2.33 bits per heavy atom. The lowest BCUT2D eigenvalue weighted by Crippen LogP contribution is -2.39. The number of hydrogen-bond donors (Lipinski definition) is 1. The van der Waals surface area contributed by atoms with Crippen LogP contribution in [0, 0.1) is 12.8 Å². The first kappa shape index (κ1) is 13.8. The van der Waals surface area contributed by atoms with Gasteiger partial charge in [0, 0.05) is 11.8 Å². The molecule has 2 heterocycles. The zero-order valence-corrected chi connectivity index (χ0v) is 12.6. The quantitative estimate of drug-likeness (QED) is 0.669. The summed E-state index contributed by atoms with van der Waals surface area (Å²) in [5.41, 5.74) is 0.868. The highest BCUT2D eigenvalue weighted by molar-refractivity contribution is 9.10. The molecule has 1 saturated heterocycles. The van der Waals surface area contributed by atoms with Crippen LogP contribution in [0.3, 0.4) is 0 Å². The second kappa shape index (κ2) is 5.55. The van der Waals surface area contributed by atoms with Gasteiger partial charge in [0.15, 0.2) is 5.82 Å². The number of carbonyl (C=O) groups excluding carboxylic acids is 1. The number of hydrogen-bond acceptors (Lipinski definition) is 3. The molecule has 98 valence electrons. The summed E-state index contributed by atoms with van der Waals surface area (Å²) >= 11 is 9.41. The predicted octanol–water partition coefficient (Wildman–Crippen LogP) is 2.64. The fourth-order valence-electron chi connectivity index (χ4n) is 2.04. The summed E-state index contributed by atoms with van der Waals surface area (Å²) < 4.78 is 1.78. The topological polar surface area (TPSA) is 45.2 Å². The maximum Gasteiger partial charge on any atom is 0.260 e. The van der Waals surface area contributed by atoms with Crippen molar-refractivity contribution < 1.29 is 4.79 Å². The second-order valence-electron chi connectivity index (χ2n) is 4.70. The Balaban J connectivity index is 2.17. The van der Waals surface area contributed by atoms with Crippen LogP contribution in [-0.4, -0.2) is 23.5 Å². The maximum atomic E-state index is 12.2. The SMILES string of the molecule is Cc1ccc(Br)nc1N(Cl)C(=O)[C@@H]1C[C@@H](C)CN1. The number of nitrogens with zero attached hydrogens (tertiary/aromatic N) is 2. The third-order valence-corrected chi connectivity index (χ3v) is 3.83. The molecule has 4 nitrogen and oxygen atoms in total. The molecule has 0 bridgehead atoms. The van der Waals surface area contributed by atoms with Crippen molar-refractivity contribution >= 4 is 39.4 Å². The van der Waals surface area contributed by atoms with Gasteiger partial charge < -0.3 is 5.32 Å². The average Bonchev–Trinajstić information content (AvgIpc) is 2.77. The lowest BCUT2D eigenvalue weighted by molar-refractivity contribution is -0.119. The lowest BCUT2D eigenvalue weighted by Gasteiger charge is -2.19. The lowest BCUT2D eigenvalue weighted by atomic mass is 10.1. The van der Waals surface area contributed by atoms with E-state index in [0.717, 1.165) is 22.9 Å². The van der Waals surface area contributed by atoms with Gasteiger partial charge in [-0.15, -0.1) is 0 Å². The standard InChI is InChI=1S/C12H15BrClN3O/c1-7-5-9(15-6-7)12(18)17(14)11-8(2)3-4-10(13)16-11/h3-4,7,9,15H,5-6H2,1-2H3/t7-,9+/m1/s1. The Bertz CT molecular complexity index is 469. The Hall–Kier alpha value is -0.650. The molecule has 1 N–H and O–H groups in total. The third-order valence-electron chi connectivity index (χ3n) is 3.06. The van der Waals surface area contributed by atoms with Crippen molar-refractivity contribution in [2.45, 2.75) is 26.3 Å². The zero-order chi connectivity index (χ0) is 13.3. The molecule has 0 aliphatic carbocycles. The number of aryl methyl sites for hydroxylation is 1. The number of rotatable bonds is 2. The highest BCUT2D eigenvalue weighted by Gasteiger charge is 2.31. The van der Waals surface area contributed by atoms with E-state index in [2.05, 4.69) is 33.2 Å². The van der Waals surface area contributed by atoms with Crippen LogP contribution >= 0.6 is 27.7 Å². The predicted molar refractivity (Wildman–Crippen MR) is 75.6 cm³/mol. The summed E-state index contributed by atoms with van der Waals surface area (Å²) in [6.07, 6.45) is 0.815. The van der Waals surface area contributed by atoms with E-state index in [1.54, 1.807) is 0 Å². The number of carbonyl (C=O) groups is 1. The minimum atomic E-state index is -0.210. The van der Waals surface area contributed by atoms with Gasteiger partial charge >= 0.3 is 0 Å². The van der Waals surface area contributed by atoms with Crippen LogP contribution in [0.2, 0.25) is 0 Å². The number of anilines is 1. The van der Waals surface area contributed by atoms with Gasteiger partial charge in [-0.2, -0.15) is 0 Å². The summed E-state index contributed by atoms with van der Waals surface area (Å²) in [7, 11) is 0. The fraction of sp³-hybridized carbons (Fsp3) is 0.500. The van der Waals surface area contributed by atoms with Gasteiger partial charge in [-0.3, -0.25) is 4.79 Å². The summed E-state index contributed by atoms with van der Waals surface area (Å²) in [5, 5.41) is 3.18. The van der Waals surface area contributed by atoms with E-state index in [-0.39, 0.29) is 11.9 Å². The van der Waals surface area contributed by atoms with Gasteiger partial charge in [-0.05, 0) is 53.4 Å². The molecule has 1 aromatic heterocycles. The van der Waals surface area contributed by atoms with E-state index in [1.807, 2.05) is 19.1 Å². The van der Waals surface area contributed by atoms with E-state index in [0.29, 0.717) is 16.3 Å². The molecule has 1 aromatic rings. The Morgan fingerprint density at radius 3 is 2.94 bits per heavy atom. The van der Waals surface area contributed by atoms with Crippen LogP contribution in [0.25, 0.3) is 0 Å². The molecule has 0 unspecified atom stereocenters. The van der Waals surface area contributed by atoms with E-state index in [9.17, 15) is 4.79 Å². The van der Waals surface area contributed by atoms with Gasteiger partial charge in [-0.1, -0.05) is 13.0 Å². The largest absolute Gasteiger partial charge is 0.306 e. The highest BCUT2D eigenvalue weighted by atomic mass is 79.9. The van der Waals surface area contributed by atoms with E-state index < -0.39 is 0 Å². The summed E-state index contributed by atoms with van der Waals surface area (Å²) in [6, 6.07) is 3.49. The monoisotopic (exact) mass is 331 g/mol. The molecule has 1 amide bonds. The normalized spacial score (nSPS) is 23.1. The van der Waals surface area contributed by atoms with Crippen molar-refractivity contribution in [3.05, 3.63) is 22.3 Å². The average molecular weight is 333 g/mol. The summed E-state index contributed by atoms with van der Waals surface area (Å²) in [5.74, 6) is 0.840. The van der Waals surface area contributed by atoms with Crippen LogP contribution in [0.5, 0.6) is 0 Å². The van der Waals surface area contributed by atoms with E-state index in [4.69, 9.17) is 11.8 Å². The molecule has 1 fully saturated rings. The molecule has 2 rings (SSSR count). The molecule has 1 aliphatic heterocycles. The first-order valence-corrected chi connectivity index (χ1v) is 6.98. The van der Waals surface area contributed by atoms with Crippen molar-refractivity contribution in [3.8, 4) is 0 Å². The van der Waals surface area contributed by atoms with Crippen LogP contribution in [-0.2, 0) is 4.79 Å². The van der Waals surface area contributed by atoms with Gasteiger partial charge in [0.05, 0.1) is 6.04 Å². The van der Waals surface area contributed by atoms with Crippen LogP contribution < -0.4 is 9.74 Å². The molecule has 0 radical (unpaired) electrons. The summed E-state index contributed by atoms with van der Waals surface area (Å²) in [4.78, 5) is 16.5. The Morgan fingerprint density at radius 1 is 1.61 bits per heavy atom. The minimum Gasteiger partial charge on any atom is -0.306 e. The smallest absolute Gasteiger partial charge is 0.260 e. The zero-order valence-electron chi connectivity index (χ0n) is 10.3. The number of aromatic nitrogens is 1. The molecule has 1 aliphatic rings. The number of amides is 1. The molecule has 18 heavy (non-hydrogen) atoms. The maximum absolute atomic E-state index is 12.2. The van der Waals surface area contributed by atoms with Crippen molar-refractivity contribution in [2.24, 2.45) is 5.92 Å². The van der Waals surface area contributed by atoms with Crippen molar-refractivity contribution in [1.29, 1.82) is 0 Å². The molecule has 0 spiro atoms. The van der Waals surface area contributed by atoms with E-state index >= 15 is 0 Å². The fourth-order valence-corrected chi connectivity index (χ4v) is 2.62. The molecule has 0 aromatic carbocycles. The van der Waals surface area contributed by atoms with Crippen LogP contribution in [0.1, 0.15) is 18.9 Å². The van der Waals surface area contributed by atoms with Crippen LogP contribution in [0.15, 0.2) is 16.7 Å². The number of halogens is 2. The number of nitrogens with one attached hydrogen (secondary N) is 1. The molecule has 2 atom stereocenters. The highest BCUT2D eigenvalue weighted by Crippen LogP contribution is 2.24. The number of pyridine rings is 1. The second-order valence-corrected chi connectivity index (χ2v) is 5.85. The van der Waals surface area contributed by atoms with Crippen molar-refractivity contribution in [1.82, 2.24) is 10.3 Å². The first-order valence-electron chi connectivity index (χ1n) is 5.85. The van der Waals surface area contributed by atoms with Crippen LogP contribution in [0.4, 0.5) is 5.82 Å². The third kappa shape index (κ3) is 2.84. The molecule has 6 heteroatoms. The molecule has 0 saturated carbocycles. The van der Waals surface area contributed by atoms with Gasteiger partial charge in [-0.25, -0.2) is 9.40 Å². The van der Waals surface area contributed by atoms with Gasteiger partial charge in [0.2, 0.25) is 0 Å².